The second kappa shape index (κ2) is 6.40. The van der Waals surface area contributed by atoms with Crippen molar-refractivity contribution < 1.29 is 4.74 Å². The van der Waals surface area contributed by atoms with Gasteiger partial charge in [-0.05, 0) is 18.6 Å². The molecule has 1 atom stereocenters. The molecule has 0 amide bonds. The highest BCUT2D eigenvalue weighted by Gasteiger charge is 2.11. The van der Waals surface area contributed by atoms with Crippen molar-refractivity contribution >= 4 is 22.9 Å². The van der Waals surface area contributed by atoms with Gasteiger partial charge in [0.15, 0.2) is 0 Å². The summed E-state index contributed by atoms with van der Waals surface area (Å²) in [5.41, 5.74) is 5.63. The van der Waals surface area contributed by atoms with Crippen molar-refractivity contribution in [3.63, 3.8) is 0 Å². The Morgan fingerprint density at radius 1 is 1.57 bits per heavy atom. The Bertz CT molecular complexity index is 264. The molecule has 0 aliphatic heterocycles. The second-order valence-electron chi connectivity index (χ2n) is 3.09. The van der Waals surface area contributed by atoms with Crippen LogP contribution in [0.2, 0.25) is 4.34 Å². The van der Waals surface area contributed by atoms with Gasteiger partial charge >= 0.3 is 0 Å². The van der Waals surface area contributed by atoms with Gasteiger partial charge in [-0.3, -0.25) is 0 Å². The molecule has 1 aromatic rings. The lowest BCUT2D eigenvalue weighted by Crippen LogP contribution is -2.15. The molecule has 4 heteroatoms. The summed E-state index contributed by atoms with van der Waals surface area (Å²) >= 11 is 7.38. The standard InChI is InChI=1S/C10H16ClNOS/c1-2-3-6-13-8(7-12)9-4-5-10(11)14-9/h4-5,8H,2-3,6-7,12H2,1H3. The lowest BCUT2D eigenvalue weighted by Gasteiger charge is -2.13. The van der Waals surface area contributed by atoms with Gasteiger partial charge in [0.25, 0.3) is 0 Å². The molecule has 0 aromatic carbocycles. The molecule has 0 bridgehead atoms. The molecule has 14 heavy (non-hydrogen) atoms. The lowest BCUT2D eigenvalue weighted by atomic mass is 10.3. The maximum absolute atomic E-state index is 5.84. The molecular weight excluding hydrogens is 218 g/mol. The number of hydrogen-bond donors (Lipinski definition) is 1. The van der Waals surface area contributed by atoms with E-state index in [1.165, 1.54) is 11.3 Å². The molecule has 1 rings (SSSR count). The first kappa shape index (κ1) is 12.0. The first-order chi connectivity index (χ1) is 6.77. The summed E-state index contributed by atoms with van der Waals surface area (Å²) in [6, 6.07) is 3.86. The van der Waals surface area contributed by atoms with E-state index in [2.05, 4.69) is 6.92 Å². The van der Waals surface area contributed by atoms with Crippen LogP contribution >= 0.6 is 22.9 Å². The number of unbranched alkanes of at least 4 members (excludes halogenated alkanes) is 1. The molecule has 2 nitrogen and oxygen atoms in total. The van der Waals surface area contributed by atoms with Crippen molar-refractivity contribution in [2.75, 3.05) is 13.2 Å². The fourth-order valence-electron chi connectivity index (χ4n) is 1.14. The second-order valence-corrected chi connectivity index (χ2v) is 4.84. The van der Waals surface area contributed by atoms with E-state index in [4.69, 9.17) is 22.1 Å². The van der Waals surface area contributed by atoms with Gasteiger partial charge < -0.3 is 10.5 Å². The summed E-state index contributed by atoms with van der Waals surface area (Å²) in [5, 5.41) is 0. The van der Waals surface area contributed by atoms with Crippen LogP contribution in [0.25, 0.3) is 0 Å². The Labute approximate surface area is 94.0 Å². The van der Waals surface area contributed by atoms with Crippen molar-refractivity contribution in [1.29, 1.82) is 0 Å². The Morgan fingerprint density at radius 3 is 2.86 bits per heavy atom. The van der Waals surface area contributed by atoms with E-state index in [9.17, 15) is 0 Å². The van der Waals surface area contributed by atoms with E-state index in [1.54, 1.807) is 0 Å². The van der Waals surface area contributed by atoms with Crippen LogP contribution in [0.5, 0.6) is 0 Å². The topological polar surface area (TPSA) is 35.2 Å². The number of rotatable bonds is 6. The molecular formula is C10H16ClNOS. The Hall–Kier alpha value is -0.0900. The summed E-state index contributed by atoms with van der Waals surface area (Å²) in [6.07, 6.45) is 2.23. The third-order valence-corrected chi connectivity index (χ3v) is 3.27. The van der Waals surface area contributed by atoms with Gasteiger partial charge in [0.05, 0.1) is 4.34 Å². The molecule has 0 fully saturated rings. The van der Waals surface area contributed by atoms with Crippen LogP contribution in [0.15, 0.2) is 12.1 Å². The number of thiophene rings is 1. The monoisotopic (exact) mass is 233 g/mol. The minimum atomic E-state index is 0.0130. The minimum Gasteiger partial charge on any atom is -0.371 e. The third kappa shape index (κ3) is 3.58. The quantitative estimate of drug-likeness (QED) is 0.766. The van der Waals surface area contributed by atoms with E-state index in [0.717, 1.165) is 28.7 Å². The largest absolute Gasteiger partial charge is 0.371 e. The van der Waals surface area contributed by atoms with Gasteiger partial charge in [0.1, 0.15) is 6.10 Å². The molecule has 2 N–H and O–H groups in total. The molecule has 1 unspecified atom stereocenters. The van der Waals surface area contributed by atoms with E-state index in [-0.39, 0.29) is 6.10 Å². The van der Waals surface area contributed by atoms with E-state index < -0.39 is 0 Å². The average Bonchev–Trinajstić information content (AvgIpc) is 2.60. The predicted octanol–water partition coefficient (Wildman–Crippen LogP) is 3.22. The molecule has 0 spiro atoms. The van der Waals surface area contributed by atoms with Crippen molar-refractivity contribution in [1.82, 2.24) is 0 Å². The fraction of sp³-hybridized carbons (Fsp3) is 0.600. The molecule has 0 saturated heterocycles. The Balaban J connectivity index is 2.45. The molecule has 0 aliphatic carbocycles. The fourth-order valence-corrected chi connectivity index (χ4v) is 2.26. The SMILES string of the molecule is CCCCOC(CN)c1ccc(Cl)s1. The lowest BCUT2D eigenvalue weighted by molar-refractivity contribution is 0.0590. The summed E-state index contributed by atoms with van der Waals surface area (Å²) in [7, 11) is 0. The van der Waals surface area contributed by atoms with Crippen LogP contribution in [-0.2, 0) is 4.74 Å². The smallest absolute Gasteiger partial charge is 0.104 e. The zero-order valence-corrected chi connectivity index (χ0v) is 9.90. The van der Waals surface area contributed by atoms with Crippen LogP contribution in [-0.4, -0.2) is 13.2 Å². The normalized spacial score (nSPS) is 13.1. The highest BCUT2D eigenvalue weighted by molar-refractivity contribution is 7.16. The third-order valence-electron chi connectivity index (χ3n) is 1.94. The van der Waals surface area contributed by atoms with Crippen LogP contribution in [0.3, 0.4) is 0 Å². The van der Waals surface area contributed by atoms with E-state index >= 15 is 0 Å². The summed E-state index contributed by atoms with van der Waals surface area (Å²) < 4.78 is 6.45. The first-order valence-corrected chi connectivity index (χ1v) is 6.04. The molecule has 0 aliphatic rings. The highest BCUT2D eigenvalue weighted by atomic mass is 35.5. The van der Waals surface area contributed by atoms with Crippen LogP contribution in [0.1, 0.15) is 30.7 Å². The van der Waals surface area contributed by atoms with Crippen molar-refractivity contribution in [3.8, 4) is 0 Å². The number of halogens is 1. The molecule has 1 aromatic heterocycles. The average molecular weight is 234 g/mol. The van der Waals surface area contributed by atoms with Gasteiger partial charge in [-0.2, -0.15) is 0 Å². The maximum Gasteiger partial charge on any atom is 0.104 e. The Kier molecular flexibility index (Phi) is 5.48. The van der Waals surface area contributed by atoms with Gasteiger partial charge in [-0.15, -0.1) is 11.3 Å². The van der Waals surface area contributed by atoms with Gasteiger partial charge in [0, 0.05) is 18.0 Å². The Morgan fingerprint density at radius 2 is 2.36 bits per heavy atom. The molecule has 0 saturated carbocycles. The van der Waals surface area contributed by atoms with E-state index in [1.807, 2.05) is 12.1 Å². The number of nitrogens with two attached hydrogens (primary N) is 1. The minimum absolute atomic E-state index is 0.0130. The van der Waals surface area contributed by atoms with Crippen LogP contribution < -0.4 is 5.73 Å². The van der Waals surface area contributed by atoms with Gasteiger partial charge in [-0.1, -0.05) is 24.9 Å². The van der Waals surface area contributed by atoms with Crippen LogP contribution in [0.4, 0.5) is 0 Å². The van der Waals surface area contributed by atoms with Gasteiger partial charge in [0.2, 0.25) is 0 Å². The van der Waals surface area contributed by atoms with Gasteiger partial charge in [-0.25, -0.2) is 0 Å². The molecule has 0 radical (unpaired) electrons. The van der Waals surface area contributed by atoms with E-state index in [0.29, 0.717) is 6.54 Å². The zero-order valence-electron chi connectivity index (χ0n) is 8.33. The first-order valence-electron chi connectivity index (χ1n) is 4.84. The number of ether oxygens (including phenoxy) is 1. The predicted molar refractivity (Wildman–Crippen MR) is 62.0 cm³/mol. The maximum atomic E-state index is 5.84. The summed E-state index contributed by atoms with van der Waals surface area (Å²) in [6.45, 7) is 3.43. The van der Waals surface area contributed by atoms with Crippen LogP contribution in [0, 0.1) is 0 Å². The molecule has 1 heterocycles. The summed E-state index contributed by atoms with van der Waals surface area (Å²) in [4.78, 5) is 1.12. The highest BCUT2D eigenvalue weighted by Crippen LogP contribution is 2.28. The van der Waals surface area contributed by atoms with Crippen molar-refractivity contribution in [2.45, 2.75) is 25.9 Å². The molecule has 80 valence electrons. The zero-order chi connectivity index (χ0) is 10.4. The van der Waals surface area contributed by atoms with Crippen molar-refractivity contribution in [2.24, 2.45) is 5.73 Å². The summed E-state index contributed by atoms with van der Waals surface area (Å²) in [5.74, 6) is 0. The number of hydrogen-bond acceptors (Lipinski definition) is 3. The van der Waals surface area contributed by atoms with Crippen molar-refractivity contribution in [3.05, 3.63) is 21.3 Å².